The van der Waals surface area contributed by atoms with Gasteiger partial charge in [-0.15, -0.1) is 0 Å². The molecule has 15 nitrogen and oxygen atoms in total. The van der Waals surface area contributed by atoms with Crippen LogP contribution in [0.2, 0.25) is 10.0 Å². The van der Waals surface area contributed by atoms with Gasteiger partial charge >= 0.3 is 12.1 Å². The standard InChI is InChI=1S/C52H82Cl2N2O13/c1-15-39-52(12)44(55(49(61)69-52)22-21-35-19-20-36(53)37(54)24-35)31(6)41(57)27(2)25-51(11,63-14)46(68-48-42(58)38(23-30(5)64-48)56-28(3)17-16-18-29(56)4)32(7)43(33(8)47(60)66-39)67-40-26-50(10,62-13)45(59)34(9)65-40/h19-20,24,27-34,38-40,42-46,48,58-59H,15-18,21-23,25-26H2,1-14H3. The average Bonchev–Trinajstić information content (AvgIpc) is 3.56. The number of carbonyl (C=O) groups excluding carboxylic acids is 3. The zero-order valence-corrected chi connectivity index (χ0v) is 45.0. The number of methoxy groups -OCH3 is 2. The number of hydrogen-bond donors (Lipinski definition) is 2. The molecule has 5 fully saturated rings. The number of carbonyl (C=O) groups is 3. The first-order chi connectivity index (χ1) is 32.3. The number of ether oxygens (including phenoxy) is 8. The molecule has 1 amide bonds. The van der Waals surface area contributed by atoms with Crippen molar-refractivity contribution in [3.8, 4) is 0 Å². The van der Waals surface area contributed by atoms with E-state index in [0.29, 0.717) is 22.9 Å². The summed E-state index contributed by atoms with van der Waals surface area (Å²) in [7, 11) is 3.09. The molecule has 0 aliphatic carbocycles. The van der Waals surface area contributed by atoms with E-state index in [9.17, 15) is 15.0 Å². The van der Waals surface area contributed by atoms with E-state index in [-0.39, 0.29) is 55.8 Å². The van der Waals surface area contributed by atoms with Crippen LogP contribution < -0.4 is 0 Å². The van der Waals surface area contributed by atoms with E-state index in [0.717, 1.165) is 24.8 Å². The quantitative estimate of drug-likeness (QED) is 0.204. The summed E-state index contributed by atoms with van der Waals surface area (Å²) in [6.07, 6.45) is -4.07. The van der Waals surface area contributed by atoms with Gasteiger partial charge in [0.2, 0.25) is 0 Å². The molecule has 392 valence electrons. The lowest BCUT2D eigenvalue weighted by Gasteiger charge is -2.52. The molecular formula is C52H82Cl2N2O13. The third kappa shape index (κ3) is 11.5. The van der Waals surface area contributed by atoms with Crippen LogP contribution >= 0.6 is 23.2 Å². The summed E-state index contributed by atoms with van der Waals surface area (Å²) in [5.41, 5.74) is -2.96. The first kappa shape index (κ1) is 56.2. The van der Waals surface area contributed by atoms with Crippen LogP contribution in [0.25, 0.3) is 0 Å². The number of likely N-dealkylation sites (tertiary alicyclic amines) is 1. The predicted octanol–water partition coefficient (Wildman–Crippen LogP) is 8.16. The third-order valence-electron chi connectivity index (χ3n) is 16.7. The molecular weight excluding hydrogens is 931 g/mol. The Morgan fingerprint density at radius 3 is 2.10 bits per heavy atom. The molecule has 2 N–H and O–H groups in total. The summed E-state index contributed by atoms with van der Waals surface area (Å²) >= 11 is 12.6. The van der Waals surface area contributed by atoms with E-state index in [4.69, 9.17) is 61.1 Å². The maximum Gasteiger partial charge on any atom is 0.410 e. The van der Waals surface area contributed by atoms with E-state index >= 15 is 9.59 Å². The number of amides is 1. The van der Waals surface area contributed by atoms with E-state index in [1.54, 1.807) is 58.8 Å². The summed E-state index contributed by atoms with van der Waals surface area (Å²) in [6.45, 7) is 22.8. The van der Waals surface area contributed by atoms with Crippen molar-refractivity contribution in [1.29, 1.82) is 0 Å². The molecule has 5 saturated heterocycles. The van der Waals surface area contributed by atoms with Gasteiger partial charge in [-0.3, -0.25) is 19.4 Å². The zero-order valence-electron chi connectivity index (χ0n) is 43.4. The van der Waals surface area contributed by atoms with Gasteiger partial charge in [-0.2, -0.15) is 0 Å². The normalized spacial score (nSPS) is 44.3. The number of piperidine rings is 1. The molecule has 0 saturated carbocycles. The monoisotopic (exact) mass is 1010 g/mol. The van der Waals surface area contributed by atoms with Crippen LogP contribution in [0.1, 0.15) is 134 Å². The maximum absolute atomic E-state index is 15.2. The summed E-state index contributed by atoms with van der Waals surface area (Å²) in [4.78, 5) is 48.4. The van der Waals surface area contributed by atoms with Crippen LogP contribution in [0.15, 0.2) is 18.2 Å². The van der Waals surface area contributed by atoms with Crippen molar-refractivity contribution in [3.05, 3.63) is 33.8 Å². The number of esters is 1. The van der Waals surface area contributed by atoms with E-state index in [1.807, 2.05) is 40.7 Å². The second-order valence-corrected chi connectivity index (χ2v) is 22.6. The Hall–Kier alpha value is -2.15. The molecule has 0 aromatic heterocycles. The molecule has 0 spiro atoms. The van der Waals surface area contributed by atoms with Crippen LogP contribution in [0.4, 0.5) is 4.79 Å². The highest BCUT2D eigenvalue weighted by Crippen LogP contribution is 2.45. The van der Waals surface area contributed by atoms with Crippen LogP contribution in [0.5, 0.6) is 0 Å². The number of aliphatic hydroxyl groups is 2. The van der Waals surface area contributed by atoms with E-state index in [2.05, 4.69) is 18.7 Å². The Labute approximate surface area is 420 Å². The number of ketones is 1. The fourth-order valence-electron chi connectivity index (χ4n) is 12.7. The van der Waals surface area contributed by atoms with Gasteiger partial charge in [0.05, 0.1) is 57.6 Å². The van der Waals surface area contributed by atoms with Gasteiger partial charge in [0, 0.05) is 63.1 Å². The van der Waals surface area contributed by atoms with Crippen molar-refractivity contribution in [2.45, 2.75) is 231 Å². The first-order valence-corrected chi connectivity index (χ1v) is 26.1. The highest BCUT2D eigenvalue weighted by molar-refractivity contribution is 6.42. The molecule has 17 heteroatoms. The maximum atomic E-state index is 15.2. The number of nitrogens with zero attached hydrogens (tertiary/aromatic N) is 2. The van der Waals surface area contributed by atoms with Crippen molar-refractivity contribution in [3.63, 3.8) is 0 Å². The Bertz CT molecular complexity index is 1940. The zero-order chi connectivity index (χ0) is 51.1. The van der Waals surface area contributed by atoms with Gasteiger partial charge in [-0.05, 0) is 112 Å². The number of benzene rings is 1. The minimum Gasteiger partial charge on any atom is -0.458 e. The highest BCUT2D eigenvalue weighted by Gasteiger charge is 2.61. The molecule has 6 rings (SSSR count). The molecule has 69 heavy (non-hydrogen) atoms. The minimum absolute atomic E-state index is 0.123. The predicted molar refractivity (Wildman–Crippen MR) is 261 cm³/mol. The van der Waals surface area contributed by atoms with Gasteiger partial charge < -0.3 is 48.1 Å². The summed E-state index contributed by atoms with van der Waals surface area (Å²) in [6, 6.07) is 4.65. The van der Waals surface area contributed by atoms with Crippen LogP contribution in [-0.2, 0) is 53.9 Å². The summed E-state index contributed by atoms with van der Waals surface area (Å²) in [5, 5.41) is 24.4. The largest absolute Gasteiger partial charge is 0.458 e. The molecule has 20 atom stereocenters. The Kier molecular flexibility index (Phi) is 18.3. The topological polar surface area (TPSA) is 172 Å². The van der Waals surface area contributed by atoms with Gasteiger partial charge in [0.25, 0.3) is 0 Å². The summed E-state index contributed by atoms with van der Waals surface area (Å²) < 4.78 is 52.2. The van der Waals surface area contributed by atoms with Crippen molar-refractivity contribution in [2.24, 2.45) is 23.7 Å². The molecule has 0 bridgehead atoms. The lowest BCUT2D eigenvalue weighted by atomic mass is 9.73. The number of rotatable bonds is 11. The van der Waals surface area contributed by atoms with Gasteiger partial charge in [-0.1, -0.05) is 63.4 Å². The Balaban J connectivity index is 1.45. The number of hydrogen-bond acceptors (Lipinski definition) is 14. The number of halogens is 2. The first-order valence-electron chi connectivity index (χ1n) is 25.4. The van der Waals surface area contributed by atoms with Crippen LogP contribution in [0, 0.1) is 23.7 Å². The fourth-order valence-corrected chi connectivity index (χ4v) is 13.0. The smallest absolute Gasteiger partial charge is 0.410 e. The van der Waals surface area contributed by atoms with E-state index in [1.165, 1.54) is 7.11 Å². The van der Waals surface area contributed by atoms with Crippen LogP contribution in [0.3, 0.4) is 0 Å². The molecule has 5 aliphatic rings. The van der Waals surface area contributed by atoms with Crippen molar-refractivity contribution < 1.29 is 62.5 Å². The number of cyclic esters (lactones) is 1. The van der Waals surface area contributed by atoms with Gasteiger partial charge in [0.1, 0.15) is 24.1 Å². The Morgan fingerprint density at radius 1 is 0.841 bits per heavy atom. The molecule has 1 aromatic rings. The Morgan fingerprint density at radius 2 is 1.49 bits per heavy atom. The molecule has 5 aliphatic heterocycles. The van der Waals surface area contributed by atoms with Crippen molar-refractivity contribution in [1.82, 2.24) is 9.80 Å². The highest BCUT2D eigenvalue weighted by atomic mass is 35.5. The fraction of sp³-hybridized carbons (Fsp3) is 0.827. The molecule has 5 heterocycles. The van der Waals surface area contributed by atoms with Crippen molar-refractivity contribution in [2.75, 3.05) is 20.8 Å². The number of fused-ring (bicyclic) bond motifs is 1. The lowest BCUT2D eigenvalue weighted by molar-refractivity contribution is -0.321. The van der Waals surface area contributed by atoms with Crippen molar-refractivity contribution >= 4 is 41.0 Å². The van der Waals surface area contributed by atoms with Gasteiger partial charge in [0.15, 0.2) is 18.2 Å². The SMILES string of the molecule is CCC1OC(=O)C(C)C(OC2CC(C)(OC)C(O)C(C)O2)C(C)C(OC2OC(C)CC(N3C(C)CCCC3C)C2O)C(C)(OC)CC(C)C(=O)C(C)C2N(CCc3ccc(Cl)c(Cl)c3)C(=O)OC12C. The summed E-state index contributed by atoms with van der Waals surface area (Å²) in [5.74, 6) is -4.02. The molecule has 20 unspecified atom stereocenters. The molecule has 0 radical (unpaired) electrons. The third-order valence-corrected chi connectivity index (χ3v) is 17.5. The number of Topliss-reactive ketones (excluding diaryl/α,β-unsaturated/α-hetero) is 1. The number of aliphatic hydroxyl groups excluding tert-OH is 2. The second kappa shape index (κ2) is 22.5. The van der Waals surface area contributed by atoms with E-state index < -0.39 is 108 Å². The average molecular weight is 1010 g/mol. The second-order valence-electron chi connectivity index (χ2n) is 21.8. The molecule has 1 aromatic carbocycles. The van der Waals surface area contributed by atoms with Crippen LogP contribution in [-0.4, -0.2) is 155 Å². The minimum atomic E-state index is -1.46. The van der Waals surface area contributed by atoms with Gasteiger partial charge in [-0.25, -0.2) is 4.79 Å². The lowest BCUT2D eigenvalue weighted by Crippen LogP contribution is -2.63.